The first-order valence-corrected chi connectivity index (χ1v) is 12.1. The number of esters is 1. The van der Waals surface area contributed by atoms with E-state index in [0.717, 1.165) is 5.56 Å². The summed E-state index contributed by atoms with van der Waals surface area (Å²) in [4.78, 5) is 25.1. The zero-order chi connectivity index (χ0) is 24.2. The van der Waals surface area contributed by atoms with Gasteiger partial charge in [0.1, 0.15) is 0 Å². The Balaban J connectivity index is 1.65. The molecule has 1 unspecified atom stereocenters. The van der Waals surface area contributed by atoms with Crippen molar-refractivity contribution in [3.63, 3.8) is 0 Å². The molecule has 0 saturated carbocycles. The van der Waals surface area contributed by atoms with Crippen LogP contribution in [0.4, 0.5) is 0 Å². The number of fused-ring (bicyclic) bond motifs is 1. The highest BCUT2D eigenvalue weighted by atomic mass is 32.2. The second-order valence-electron chi connectivity index (χ2n) is 7.52. The van der Waals surface area contributed by atoms with Crippen LogP contribution >= 0.6 is 0 Å². The van der Waals surface area contributed by atoms with Gasteiger partial charge in [0.15, 0.2) is 17.6 Å². The van der Waals surface area contributed by atoms with Crippen molar-refractivity contribution in [3.05, 3.63) is 53.1 Å². The van der Waals surface area contributed by atoms with Gasteiger partial charge in [-0.2, -0.15) is 4.31 Å². The van der Waals surface area contributed by atoms with Crippen molar-refractivity contribution in [1.82, 2.24) is 9.62 Å². The molecule has 0 aliphatic carbocycles. The molecule has 1 N–H and O–H groups in total. The highest BCUT2D eigenvalue weighted by Gasteiger charge is 2.26. The lowest BCUT2D eigenvalue weighted by Crippen LogP contribution is -2.35. The molecule has 1 aliphatic heterocycles. The standard InChI is InChI=1S/C23H28N2O7S/c1-5-25(6-2)33(28,29)21-12-18(9-7-15(21)3)23(27)32-16(4)22(26)24-13-17-8-10-19-20(11-17)31-14-30-19/h7-12,16H,5-6,13-14H2,1-4H3,(H,24,26). The maximum absolute atomic E-state index is 12.9. The van der Waals surface area contributed by atoms with Crippen molar-refractivity contribution < 1.29 is 32.2 Å². The first-order chi connectivity index (χ1) is 15.7. The summed E-state index contributed by atoms with van der Waals surface area (Å²) in [6.07, 6.45) is -1.07. The third-order valence-electron chi connectivity index (χ3n) is 5.30. The number of carbonyl (C=O) groups is 2. The van der Waals surface area contributed by atoms with Gasteiger partial charge in [-0.3, -0.25) is 4.79 Å². The lowest BCUT2D eigenvalue weighted by Gasteiger charge is -2.20. The van der Waals surface area contributed by atoms with Crippen molar-refractivity contribution in [1.29, 1.82) is 0 Å². The average molecular weight is 477 g/mol. The molecule has 178 valence electrons. The molecule has 0 spiro atoms. The number of nitrogens with one attached hydrogen (secondary N) is 1. The van der Waals surface area contributed by atoms with E-state index >= 15 is 0 Å². The van der Waals surface area contributed by atoms with E-state index in [4.69, 9.17) is 14.2 Å². The van der Waals surface area contributed by atoms with Crippen LogP contribution in [0.25, 0.3) is 0 Å². The topological polar surface area (TPSA) is 111 Å². The Morgan fingerprint density at radius 3 is 2.48 bits per heavy atom. The Morgan fingerprint density at radius 1 is 1.09 bits per heavy atom. The van der Waals surface area contributed by atoms with Gasteiger partial charge in [0.05, 0.1) is 10.5 Å². The molecule has 1 heterocycles. The summed E-state index contributed by atoms with van der Waals surface area (Å²) in [5, 5.41) is 2.71. The molecule has 10 heteroatoms. The number of sulfonamides is 1. The molecule has 3 rings (SSSR count). The van der Waals surface area contributed by atoms with E-state index in [1.165, 1.54) is 23.4 Å². The van der Waals surface area contributed by atoms with Crippen LogP contribution in [0.3, 0.4) is 0 Å². The van der Waals surface area contributed by atoms with Gasteiger partial charge in [-0.15, -0.1) is 0 Å². The van der Waals surface area contributed by atoms with Crippen LogP contribution < -0.4 is 14.8 Å². The minimum absolute atomic E-state index is 0.0422. The highest BCUT2D eigenvalue weighted by molar-refractivity contribution is 7.89. The summed E-state index contributed by atoms with van der Waals surface area (Å²) in [5.41, 5.74) is 1.38. The Kier molecular flexibility index (Phi) is 7.60. The molecule has 0 aromatic heterocycles. The number of benzene rings is 2. The average Bonchev–Trinajstić information content (AvgIpc) is 3.26. The molecular formula is C23H28N2O7S. The van der Waals surface area contributed by atoms with Gasteiger partial charge in [-0.25, -0.2) is 13.2 Å². The molecule has 1 atom stereocenters. The molecule has 33 heavy (non-hydrogen) atoms. The SMILES string of the molecule is CCN(CC)S(=O)(=O)c1cc(C(=O)OC(C)C(=O)NCc2ccc3c(c2)OCO3)ccc1C. The van der Waals surface area contributed by atoms with Gasteiger partial charge in [0.2, 0.25) is 16.8 Å². The molecule has 2 aromatic rings. The van der Waals surface area contributed by atoms with Crippen molar-refractivity contribution in [2.45, 2.75) is 45.2 Å². The fourth-order valence-electron chi connectivity index (χ4n) is 3.37. The summed E-state index contributed by atoms with van der Waals surface area (Å²) < 4.78 is 43.0. The van der Waals surface area contributed by atoms with Gasteiger partial charge >= 0.3 is 5.97 Å². The monoisotopic (exact) mass is 476 g/mol. The summed E-state index contributed by atoms with van der Waals surface area (Å²) in [6, 6.07) is 9.66. The minimum atomic E-state index is -3.75. The minimum Gasteiger partial charge on any atom is -0.454 e. The predicted molar refractivity (Wildman–Crippen MR) is 121 cm³/mol. The number of ether oxygens (including phenoxy) is 3. The van der Waals surface area contributed by atoms with E-state index in [-0.39, 0.29) is 23.8 Å². The van der Waals surface area contributed by atoms with Crippen molar-refractivity contribution >= 4 is 21.9 Å². The molecular weight excluding hydrogens is 448 g/mol. The van der Waals surface area contributed by atoms with Crippen LogP contribution in [-0.2, 0) is 26.1 Å². The Morgan fingerprint density at radius 2 is 1.79 bits per heavy atom. The smallest absolute Gasteiger partial charge is 0.338 e. The first kappa shape index (κ1) is 24.5. The summed E-state index contributed by atoms with van der Waals surface area (Å²) >= 11 is 0. The van der Waals surface area contributed by atoms with E-state index in [1.54, 1.807) is 45.0 Å². The number of rotatable bonds is 9. The number of aryl methyl sites for hydroxylation is 1. The zero-order valence-corrected chi connectivity index (χ0v) is 19.9. The van der Waals surface area contributed by atoms with Crippen LogP contribution in [0.2, 0.25) is 0 Å². The molecule has 1 amide bonds. The second kappa shape index (κ2) is 10.2. The second-order valence-corrected chi connectivity index (χ2v) is 9.43. The molecule has 0 fully saturated rings. The quantitative estimate of drug-likeness (QED) is 0.554. The van der Waals surface area contributed by atoms with E-state index in [9.17, 15) is 18.0 Å². The number of amides is 1. The Labute approximate surface area is 193 Å². The van der Waals surface area contributed by atoms with Crippen molar-refractivity contribution in [3.8, 4) is 11.5 Å². The molecule has 0 bridgehead atoms. The van der Waals surface area contributed by atoms with Crippen LogP contribution in [0.5, 0.6) is 11.5 Å². The number of carbonyl (C=O) groups excluding carboxylic acids is 2. The molecule has 1 aliphatic rings. The van der Waals surface area contributed by atoms with Crippen LogP contribution in [0.1, 0.15) is 42.3 Å². The van der Waals surface area contributed by atoms with Gasteiger partial charge in [-0.1, -0.05) is 26.0 Å². The third-order valence-corrected chi connectivity index (χ3v) is 7.50. The van der Waals surface area contributed by atoms with Gasteiger partial charge in [0, 0.05) is 19.6 Å². The Hall–Kier alpha value is -3.11. The molecule has 0 saturated heterocycles. The van der Waals surface area contributed by atoms with Crippen LogP contribution in [0, 0.1) is 6.92 Å². The maximum Gasteiger partial charge on any atom is 0.338 e. The fourth-order valence-corrected chi connectivity index (χ4v) is 5.08. The molecule has 2 aromatic carbocycles. The van der Waals surface area contributed by atoms with Crippen LogP contribution in [0.15, 0.2) is 41.3 Å². The normalized spacial score (nSPS) is 13.6. The van der Waals surface area contributed by atoms with E-state index in [2.05, 4.69) is 5.32 Å². The summed E-state index contributed by atoms with van der Waals surface area (Å²) in [6.45, 7) is 7.62. The fraction of sp³-hybridized carbons (Fsp3) is 0.391. The first-order valence-electron chi connectivity index (χ1n) is 10.6. The maximum atomic E-state index is 12.9. The van der Waals surface area contributed by atoms with Gasteiger partial charge < -0.3 is 19.5 Å². The number of nitrogens with zero attached hydrogens (tertiary/aromatic N) is 1. The zero-order valence-electron chi connectivity index (χ0n) is 19.1. The lowest BCUT2D eigenvalue weighted by molar-refractivity contribution is -0.129. The summed E-state index contributed by atoms with van der Waals surface area (Å²) in [5.74, 6) is -0.00949. The highest BCUT2D eigenvalue weighted by Crippen LogP contribution is 2.32. The van der Waals surface area contributed by atoms with E-state index in [0.29, 0.717) is 30.2 Å². The van der Waals surface area contributed by atoms with E-state index in [1.807, 2.05) is 0 Å². The summed E-state index contributed by atoms with van der Waals surface area (Å²) in [7, 11) is -3.75. The predicted octanol–water partition coefficient (Wildman–Crippen LogP) is 2.62. The number of hydrogen-bond donors (Lipinski definition) is 1. The van der Waals surface area contributed by atoms with Gasteiger partial charge in [-0.05, 0) is 49.2 Å². The molecule has 9 nitrogen and oxygen atoms in total. The van der Waals surface area contributed by atoms with Crippen LogP contribution in [-0.4, -0.2) is 50.6 Å². The van der Waals surface area contributed by atoms with Gasteiger partial charge in [0.25, 0.3) is 5.91 Å². The number of hydrogen-bond acceptors (Lipinski definition) is 7. The lowest BCUT2D eigenvalue weighted by atomic mass is 10.1. The largest absolute Gasteiger partial charge is 0.454 e. The van der Waals surface area contributed by atoms with E-state index < -0.39 is 28.0 Å². The van der Waals surface area contributed by atoms with Crippen molar-refractivity contribution in [2.24, 2.45) is 0 Å². The van der Waals surface area contributed by atoms with Crippen molar-refractivity contribution in [2.75, 3.05) is 19.9 Å². The third kappa shape index (κ3) is 5.45. The molecule has 0 radical (unpaired) electrons. The Bertz CT molecular complexity index is 1140.